The molecule has 4 N–H and O–H groups in total. The molecule has 1 atom stereocenters. The minimum atomic E-state index is -0.256. The Morgan fingerprint density at radius 2 is 1.90 bits per heavy atom. The van der Waals surface area contributed by atoms with Gasteiger partial charge >= 0.3 is 0 Å². The van der Waals surface area contributed by atoms with Crippen molar-refractivity contribution < 1.29 is 19.4 Å². The molecule has 1 unspecified atom stereocenters. The van der Waals surface area contributed by atoms with E-state index in [-0.39, 0.29) is 30.3 Å². The molecule has 2 aromatic carbocycles. The number of para-hydroxylation sites is 1. The summed E-state index contributed by atoms with van der Waals surface area (Å²) < 4.78 is 5.87. The van der Waals surface area contributed by atoms with E-state index in [1.807, 2.05) is 59.5 Å². The minimum Gasteiger partial charge on any atom is -0.457 e. The van der Waals surface area contributed by atoms with E-state index in [1.54, 1.807) is 30.8 Å². The Bertz CT molecular complexity index is 1350. The van der Waals surface area contributed by atoms with Crippen LogP contribution in [0, 0.1) is 6.92 Å². The van der Waals surface area contributed by atoms with Gasteiger partial charge in [-0.05, 0) is 50.1 Å². The Balaban J connectivity index is 1.35. The Morgan fingerprint density at radius 3 is 2.60 bits per heavy atom. The van der Waals surface area contributed by atoms with Crippen LogP contribution in [0.3, 0.4) is 0 Å². The molecule has 11 heteroatoms. The number of likely N-dealkylation sites (tertiary alicyclic amines) is 1. The molecule has 0 saturated carbocycles. The van der Waals surface area contributed by atoms with E-state index in [2.05, 4.69) is 15.3 Å². The molecule has 1 aliphatic rings. The van der Waals surface area contributed by atoms with Gasteiger partial charge in [-0.25, -0.2) is 9.97 Å². The molecule has 2 heterocycles. The summed E-state index contributed by atoms with van der Waals surface area (Å²) in [6, 6.07) is 17.3. The predicted octanol–water partition coefficient (Wildman–Crippen LogP) is 4.96. The Morgan fingerprint density at radius 1 is 1.18 bits per heavy atom. The van der Waals surface area contributed by atoms with Gasteiger partial charge in [0.25, 0.3) is 0 Å². The molecular weight excluding hydrogens is 546 g/mol. The molecule has 0 radical (unpaired) electrons. The second kappa shape index (κ2) is 14.2. The summed E-state index contributed by atoms with van der Waals surface area (Å²) in [6.45, 7) is 4.09. The SMILES string of the molecule is CC(C(=O)NCc1cnc(C)nc1N)=C(CCO)SSC1CCC(=O)N1Cc1ccc(Oc2ccccc2)cc1. The van der Waals surface area contributed by atoms with Gasteiger partial charge in [0.05, 0.1) is 5.37 Å². The Kier molecular flexibility index (Phi) is 10.5. The highest BCUT2D eigenvalue weighted by molar-refractivity contribution is 8.78. The number of aryl methyl sites for hydroxylation is 1. The third kappa shape index (κ3) is 8.00. The molecule has 9 nitrogen and oxygen atoms in total. The monoisotopic (exact) mass is 579 g/mol. The van der Waals surface area contributed by atoms with Gasteiger partial charge in [-0.1, -0.05) is 51.9 Å². The van der Waals surface area contributed by atoms with Crippen LogP contribution < -0.4 is 15.8 Å². The maximum Gasteiger partial charge on any atom is 0.248 e. The van der Waals surface area contributed by atoms with Crippen molar-refractivity contribution in [1.82, 2.24) is 20.2 Å². The zero-order chi connectivity index (χ0) is 28.5. The van der Waals surface area contributed by atoms with Crippen LogP contribution in [0.15, 0.2) is 71.3 Å². The standard InChI is InChI=1S/C29H33N5O4S2/c1-19(29(37)32-17-22-16-31-20(2)33-28(22)30)25(14-15-35)39-40-27-13-12-26(36)34(27)18-21-8-10-24(11-9-21)38-23-6-4-3-5-7-23/h3-11,16,27,35H,12-15,17-18H2,1-2H3,(H,32,37)(H2,30,31,33). The highest BCUT2D eigenvalue weighted by Gasteiger charge is 2.32. The molecule has 1 fully saturated rings. The molecule has 3 aromatic rings. The number of aliphatic hydroxyl groups is 1. The second-order valence-electron chi connectivity index (χ2n) is 9.29. The van der Waals surface area contributed by atoms with E-state index in [0.717, 1.165) is 28.4 Å². The highest BCUT2D eigenvalue weighted by atomic mass is 33.1. The lowest BCUT2D eigenvalue weighted by atomic mass is 10.2. The van der Waals surface area contributed by atoms with Crippen LogP contribution in [-0.4, -0.2) is 43.8 Å². The zero-order valence-electron chi connectivity index (χ0n) is 22.5. The zero-order valence-corrected chi connectivity index (χ0v) is 24.1. The molecule has 40 heavy (non-hydrogen) atoms. The van der Waals surface area contributed by atoms with Crippen molar-refractivity contribution in [1.29, 1.82) is 0 Å². The lowest BCUT2D eigenvalue weighted by molar-refractivity contribution is -0.128. The topological polar surface area (TPSA) is 131 Å². The molecule has 1 aliphatic heterocycles. The number of carbonyl (C=O) groups excluding carboxylic acids is 2. The van der Waals surface area contributed by atoms with E-state index in [1.165, 1.54) is 10.8 Å². The summed E-state index contributed by atoms with van der Waals surface area (Å²) in [4.78, 5) is 36.5. The van der Waals surface area contributed by atoms with E-state index < -0.39 is 0 Å². The van der Waals surface area contributed by atoms with E-state index in [4.69, 9.17) is 10.5 Å². The largest absolute Gasteiger partial charge is 0.457 e. The molecule has 0 bridgehead atoms. The first-order valence-corrected chi connectivity index (χ1v) is 15.2. The van der Waals surface area contributed by atoms with Crippen LogP contribution in [0.1, 0.15) is 43.1 Å². The summed E-state index contributed by atoms with van der Waals surface area (Å²) in [5.74, 6) is 2.24. The first kappa shape index (κ1) is 29.4. The number of nitrogen functional groups attached to an aromatic ring is 1. The summed E-state index contributed by atoms with van der Waals surface area (Å²) in [6.07, 6.45) is 3.14. The van der Waals surface area contributed by atoms with Crippen molar-refractivity contribution >= 4 is 39.2 Å². The summed E-state index contributed by atoms with van der Waals surface area (Å²) in [5.41, 5.74) is 8.09. The van der Waals surface area contributed by atoms with Crippen LogP contribution in [0.2, 0.25) is 0 Å². The number of amides is 2. The van der Waals surface area contributed by atoms with Crippen molar-refractivity contribution in [2.75, 3.05) is 12.3 Å². The van der Waals surface area contributed by atoms with Gasteiger partial charge in [-0.15, -0.1) is 0 Å². The number of carbonyl (C=O) groups is 2. The van der Waals surface area contributed by atoms with Crippen molar-refractivity contribution in [3.8, 4) is 11.5 Å². The molecule has 210 valence electrons. The molecule has 0 aliphatic carbocycles. The van der Waals surface area contributed by atoms with Gasteiger partial charge in [0.2, 0.25) is 11.8 Å². The van der Waals surface area contributed by atoms with Crippen LogP contribution >= 0.6 is 21.6 Å². The lowest BCUT2D eigenvalue weighted by Gasteiger charge is -2.24. The van der Waals surface area contributed by atoms with Crippen molar-refractivity contribution in [2.24, 2.45) is 0 Å². The second-order valence-corrected chi connectivity index (χ2v) is 11.8. The fourth-order valence-corrected chi connectivity index (χ4v) is 7.11. The number of anilines is 1. The third-order valence-corrected chi connectivity index (χ3v) is 9.42. The number of nitrogens with two attached hydrogens (primary N) is 1. The number of rotatable bonds is 12. The number of aliphatic hydroxyl groups excluding tert-OH is 1. The maximum absolute atomic E-state index is 12.9. The smallest absolute Gasteiger partial charge is 0.248 e. The number of nitrogens with one attached hydrogen (secondary N) is 1. The fraction of sp³-hybridized carbons (Fsp3) is 0.310. The molecule has 4 rings (SSSR count). The average molecular weight is 580 g/mol. The molecular formula is C29H33N5O4S2. The van der Waals surface area contributed by atoms with Gasteiger partial charge in [0, 0.05) is 54.8 Å². The number of hydrogen-bond donors (Lipinski definition) is 3. The Hall–Kier alpha value is -3.54. The number of hydrogen-bond acceptors (Lipinski definition) is 9. The van der Waals surface area contributed by atoms with E-state index in [0.29, 0.717) is 42.2 Å². The number of nitrogens with zero attached hydrogens (tertiary/aromatic N) is 3. The van der Waals surface area contributed by atoms with Gasteiger partial charge in [0.15, 0.2) is 0 Å². The van der Waals surface area contributed by atoms with Gasteiger partial charge in [-0.3, -0.25) is 9.59 Å². The average Bonchev–Trinajstić information content (AvgIpc) is 3.30. The number of benzene rings is 2. The first-order valence-electron chi connectivity index (χ1n) is 13.0. The van der Waals surface area contributed by atoms with Crippen LogP contribution in [-0.2, 0) is 22.7 Å². The number of ether oxygens (including phenoxy) is 1. The quantitative estimate of drug-likeness (QED) is 0.201. The molecule has 0 spiro atoms. The minimum absolute atomic E-state index is 0.0493. The van der Waals surface area contributed by atoms with E-state index in [9.17, 15) is 14.7 Å². The van der Waals surface area contributed by atoms with Gasteiger partial charge < -0.3 is 25.8 Å². The fourth-order valence-electron chi connectivity index (χ4n) is 4.07. The molecule has 1 aromatic heterocycles. The van der Waals surface area contributed by atoms with Crippen LogP contribution in [0.5, 0.6) is 11.5 Å². The maximum atomic E-state index is 12.9. The number of aromatic nitrogens is 2. The van der Waals surface area contributed by atoms with Gasteiger partial charge in [-0.2, -0.15) is 0 Å². The highest BCUT2D eigenvalue weighted by Crippen LogP contribution is 2.42. The molecule has 2 amide bonds. The van der Waals surface area contributed by atoms with Gasteiger partial charge in [0.1, 0.15) is 23.1 Å². The molecule has 1 saturated heterocycles. The predicted molar refractivity (Wildman–Crippen MR) is 159 cm³/mol. The lowest BCUT2D eigenvalue weighted by Crippen LogP contribution is -2.30. The Labute approximate surface area is 242 Å². The summed E-state index contributed by atoms with van der Waals surface area (Å²) in [7, 11) is 2.98. The van der Waals surface area contributed by atoms with Crippen LogP contribution in [0.4, 0.5) is 5.82 Å². The third-order valence-electron chi connectivity index (χ3n) is 6.34. The van der Waals surface area contributed by atoms with Crippen molar-refractivity contribution in [3.63, 3.8) is 0 Å². The van der Waals surface area contributed by atoms with Crippen LogP contribution in [0.25, 0.3) is 0 Å². The first-order chi connectivity index (χ1) is 19.3. The van der Waals surface area contributed by atoms with Crippen molar-refractivity contribution in [2.45, 2.75) is 51.6 Å². The normalized spacial score (nSPS) is 15.6. The van der Waals surface area contributed by atoms with E-state index >= 15 is 0 Å². The summed E-state index contributed by atoms with van der Waals surface area (Å²) in [5, 5.41) is 12.4. The van der Waals surface area contributed by atoms with Crippen molar-refractivity contribution in [3.05, 3.63) is 88.2 Å². The summed E-state index contributed by atoms with van der Waals surface area (Å²) >= 11 is 0.